The van der Waals surface area contributed by atoms with Gasteiger partial charge in [0.05, 0.1) is 8.07 Å². The first-order valence-corrected chi connectivity index (χ1v) is 9.92. The highest BCUT2D eigenvalue weighted by Crippen LogP contribution is 2.43. The van der Waals surface area contributed by atoms with Gasteiger partial charge in [-0.05, 0) is 37.5 Å². The molecule has 1 aromatic rings. The summed E-state index contributed by atoms with van der Waals surface area (Å²) in [5.74, 6) is 0.339. The number of benzene rings is 1. The van der Waals surface area contributed by atoms with Crippen LogP contribution in [0.4, 0.5) is 0 Å². The molecule has 0 bridgehead atoms. The van der Waals surface area contributed by atoms with Crippen molar-refractivity contribution in [2.75, 3.05) is 0 Å². The van der Waals surface area contributed by atoms with Crippen LogP contribution in [0, 0.1) is 0 Å². The summed E-state index contributed by atoms with van der Waals surface area (Å²) in [7, 11) is -1.84. The lowest BCUT2D eigenvalue weighted by atomic mass is 10.1. The van der Waals surface area contributed by atoms with Gasteiger partial charge in [0.1, 0.15) is 0 Å². The van der Waals surface area contributed by atoms with Gasteiger partial charge in [-0.25, -0.2) is 0 Å². The van der Waals surface area contributed by atoms with Crippen LogP contribution < -0.4 is 5.19 Å². The van der Waals surface area contributed by atoms with Crippen molar-refractivity contribution in [3.63, 3.8) is 0 Å². The number of hydrogen-bond acceptors (Lipinski definition) is 1. The van der Waals surface area contributed by atoms with Crippen molar-refractivity contribution >= 4 is 19.0 Å². The third-order valence-corrected chi connectivity index (χ3v) is 8.33. The van der Waals surface area contributed by atoms with Gasteiger partial charge in [-0.15, -0.1) is 0 Å². The molecule has 0 N–H and O–H groups in total. The van der Waals surface area contributed by atoms with E-state index in [4.69, 9.17) is 0 Å². The molecule has 0 saturated heterocycles. The molecule has 1 aromatic carbocycles. The summed E-state index contributed by atoms with van der Waals surface area (Å²) in [4.78, 5) is 12.6. The SMILES string of the molecule is C/C=C1\C(C)=C(C)C(=O)C1[Si](C)(C)c1ccccc1. The molecule has 0 saturated carbocycles. The van der Waals surface area contributed by atoms with Gasteiger partial charge in [0.25, 0.3) is 0 Å². The second-order valence-corrected chi connectivity index (χ2v) is 10.5. The van der Waals surface area contributed by atoms with Crippen LogP contribution in [0.15, 0.2) is 53.1 Å². The van der Waals surface area contributed by atoms with E-state index in [1.54, 1.807) is 0 Å². The van der Waals surface area contributed by atoms with E-state index < -0.39 is 8.07 Å². The maximum absolute atomic E-state index is 12.6. The Kier molecular flexibility index (Phi) is 3.63. The molecular formula is C17H22OSi. The Labute approximate surface area is 117 Å². The molecule has 100 valence electrons. The van der Waals surface area contributed by atoms with E-state index in [0.29, 0.717) is 5.78 Å². The smallest absolute Gasteiger partial charge is 0.163 e. The van der Waals surface area contributed by atoms with Gasteiger partial charge in [0.15, 0.2) is 5.78 Å². The van der Waals surface area contributed by atoms with E-state index >= 15 is 0 Å². The minimum atomic E-state index is -1.84. The van der Waals surface area contributed by atoms with E-state index in [0.717, 1.165) is 5.57 Å². The summed E-state index contributed by atoms with van der Waals surface area (Å²) >= 11 is 0. The van der Waals surface area contributed by atoms with Crippen molar-refractivity contribution in [2.45, 2.75) is 39.4 Å². The molecule has 2 rings (SSSR count). The zero-order valence-corrected chi connectivity index (χ0v) is 13.4. The lowest BCUT2D eigenvalue weighted by molar-refractivity contribution is -0.114. The predicted molar refractivity (Wildman–Crippen MR) is 84.4 cm³/mol. The van der Waals surface area contributed by atoms with Crippen LogP contribution in [0.3, 0.4) is 0 Å². The van der Waals surface area contributed by atoms with E-state index in [2.05, 4.69) is 50.4 Å². The van der Waals surface area contributed by atoms with Gasteiger partial charge in [0, 0.05) is 5.54 Å². The molecule has 1 aliphatic carbocycles. The first-order valence-electron chi connectivity index (χ1n) is 6.85. The second-order valence-electron chi connectivity index (χ2n) is 5.88. The summed E-state index contributed by atoms with van der Waals surface area (Å²) in [5, 5.41) is 1.36. The van der Waals surface area contributed by atoms with Gasteiger partial charge in [0.2, 0.25) is 0 Å². The van der Waals surface area contributed by atoms with E-state index in [1.807, 2.05) is 19.9 Å². The summed E-state index contributed by atoms with van der Waals surface area (Å²) in [6, 6.07) is 10.5. The molecule has 0 aromatic heterocycles. The molecule has 2 heteroatoms. The molecule has 1 unspecified atom stereocenters. The summed E-state index contributed by atoms with van der Waals surface area (Å²) in [6.45, 7) is 10.7. The van der Waals surface area contributed by atoms with Crippen LogP contribution in [-0.4, -0.2) is 13.9 Å². The summed E-state index contributed by atoms with van der Waals surface area (Å²) < 4.78 is 0. The average Bonchev–Trinajstić information content (AvgIpc) is 2.64. The first-order chi connectivity index (χ1) is 8.91. The van der Waals surface area contributed by atoms with Crippen LogP contribution in [0.1, 0.15) is 20.8 Å². The highest BCUT2D eigenvalue weighted by molar-refractivity contribution is 6.94. The highest BCUT2D eigenvalue weighted by atomic mass is 28.3. The second kappa shape index (κ2) is 4.93. The summed E-state index contributed by atoms with van der Waals surface area (Å²) in [5.41, 5.74) is 3.48. The van der Waals surface area contributed by atoms with E-state index in [-0.39, 0.29) is 5.54 Å². The fourth-order valence-electron chi connectivity index (χ4n) is 3.11. The van der Waals surface area contributed by atoms with Gasteiger partial charge in [-0.2, -0.15) is 0 Å². The first kappa shape index (κ1) is 14.0. The predicted octanol–water partition coefficient (Wildman–Crippen LogP) is 3.84. The third kappa shape index (κ3) is 2.14. The van der Waals surface area contributed by atoms with E-state index in [9.17, 15) is 4.79 Å². The molecule has 0 radical (unpaired) electrons. The Morgan fingerprint density at radius 2 is 1.63 bits per heavy atom. The number of carbonyl (C=O) groups is 1. The lowest BCUT2D eigenvalue weighted by Crippen LogP contribution is -2.48. The van der Waals surface area contributed by atoms with Crippen LogP contribution in [0.2, 0.25) is 18.6 Å². The number of hydrogen-bond donors (Lipinski definition) is 0. The van der Waals surface area contributed by atoms with Gasteiger partial charge in [-0.3, -0.25) is 4.79 Å². The zero-order chi connectivity index (χ0) is 14.2. The van der Waals surface area contributed by atoms with Crippen LogP contribution >= 0.6 is 0 Å². The van der Waals surface area contributed by atoms with Crippen LogP contribution in [0.25, 0.3) is 0 Å². The fourth-order valence-corrected chi connectivity index (χ4v) is 6.53. The van der Waals surface area contributed by atoms with E-state index in [1.165, 1.54) is 16.3 Å². The lowest BCUT2D eigenvalue weighted by Gasteiger charge is -2.30. The zero-order valence-electron chi connectivity index (χ0n) is 12.4. The van der Waals surface area contributed by atoms with Crippen molar-refractivity contribution in [2.24, 2.45) is 0 Å². The molecule has 1 atom stereocenters. The number of allylic oxidation sites excluding steroid dienone is 4. The monoisotopic (exact) mass is 270 g/mol. The Morgan fingerprint density at radius 3 is 2.16 bits per heavy atom. The minimum Gasteiger partial charge on any atom is -0.294 e. The quantitative estimate of drug-likeness (QED) is 0.746. The normalized spacial score (nSPS) is 22.5. The molecule has 1 aliphatic rings. The number of rotatable bonds is 2. The molecule has 0 heterocycles. The Hall–Kier alpha value is -1.41. The van der Waals surface area contributed by atoms with Gasteiger partial charge in [-0.1, -0.05) is 54.7 Å². The maximum atomic E-state index is 12.6. The molecule has 0 amide bonds. The Balaban J connectivity index is 2.51. The van der Waals surface area contributed by atoms with Crippen molar-refractivity contribution in [1.82, 2.24) is 0 Å². The largest absolute Gasteiger partial charge is 0.294 e. The van der Waals surface area contributed by atoms with Crippen LogP contribution in [0.5, 0.6) is 0 Å². The minimum absolute atomic E-state index is 0.0832. The molecule has 0 fully saturated rings. The highest BCUT2D eigenvalue weighted by Gasteiger charge is 2.45. The van der Waals surface area contributed by atoms with Gasteiger partial charge < -0.3 is 0 Å². The average molecular weight is 270 g/mol. The molecule has 0 aliphatic heterocycles. The third-order valence-electron chi connectivity index (χ3n) is 4.49. The maximum Gasteiger partial charge on any atom is 0.163 e. The van der Waals surface area contributed by atoms with Gasteiger partial charge >= 0.3 is 0 Å². The molecule has 1 nitrogen and oxygen atoms in total. The fraction of sp³-hybridized carbons (Fsp3) is 0.353. The molecule has 19 heavy (non-hydrogen) atoms. The van der Waals surface area contributed by atoms with Crippen molar-refractivity contribution in [3.05, 3.63) is 53.1 Å². The summed E-state index contributed by atoms with van der Waals surface area (Å²) in [6.07, 6.45) is 2.13. The number of ketones is 1. The Bertz CT molecular complexity index is 564. The van der Waals surface area contributed by atoms with Crippen molar-refractivity contribution < 1.29 is 4.79 Å². The molecular weight excluding hydrogens is 248 g/mol. The number of Topliss-reactive ketones (excluding diaryl/α,β-unsaturated/α-hetero) is 1. The molecule has 0 spiro atoms. The topological polar surface area (TPSA) is 17.1 Å². The van der Waals surface area contributed by atoms with Crippen molar-refractivity contribution in [1.29, 1.82) is 0 Å². The Morgan fingerprint density at radius 1 is 1.05 bits per heavy atom. The van der Waals surface area contributed by atoms with Crippen LogP contribution in [-0.2, 0) is 4.79 Å². The van der Waals surface area contributed by atoms with Crippen molar-refractivity contribution in [3.8, 4) is 0 Å². The number of carbonyl (C=O) groups excluding carboxylic acids is 1. The standard InChI is InChI=1S/C17H22OSi/c1-6-15-12(2)13(3)16(18)17(15)19(4,5)14-10-8-7-9-11-14/h6-11,17H,1-5H3/b15-6+.